The summed E-state index contributed by atoms with van der Waals surface area (Å²) < 4.78 is 5.36. The third kappa shape index (κ3) is 2.35. The molecule has 0 bridgehead atoms. The Morgan fingerprint density at radius 3 is 2.75 bits per heavy atom. The lowest BCUT2D eigenvalue weighted by Gasteiger charge is -2.20. The zero-order valence-corrected chi connectivity index (χ0v) is 14.0. The predicted octanol–water partition coefficient (Wildman–Crippen LogP) is 1.85. The van der Waals surface area contributed by atoms with Crippen molar-refractivity contribution in [3.05, 3.63) is 34.3 Å². The number of fused-ring (bicyclic) bond motifs is 1. The Hall–Kier alpha value is -2.74. The van der Waals surface area contributed by atoms with Crippen LogP contribution in [0.1, 0.15) is 16.8 Å². The monoisotopic (exact) mass is 347 g/mol. The molecule has 9 heteroatoms. The highest BCUT2D eigenvalue weighted by Gasteiger charge is 2.41. The van der Waals surface area contributed by atoms with Crippen molar-refractivity contribution < 1.29 is 14.6 Å². The minimum absolute atomic E-state index is 0.0365. The molecule has 0 fully saturated rings. The number of amides is 1. The Morgan fingerprint density at radius 1 is 1.38 bits per heavy atom. The van der Waals surface area contributed by atoms with Crippen LogP contribution in [0.2, 0.25) is 0 Å². The Morgan fingerprint density at radius 2 is 2.08 bits per heavy atom. The summed E-state index contributed by atoms with van der Waals surface area (Å²) in [6.07, 6.45) is 1.65. The number of nitrogens with zero attached hydrogens (tertiary/aromatic N) is 4. The highest BCUT2D eigenvalue weighted by molar-refractivity contribution is 6.75. The molecule has 0 unspecified atom stereocenters. The first-order chi connectivity index (χ1) is 11.3. The number of hydrogen-bond donors (Lipinski definition) is 2. The Kier molecular flexibility index (Phi) is 3.84. The number of carbonyl (C=O) groups excluding carboxylic acids is 1. The standard InChI is InChI=1S/C15H14ClN5O3/c1-6-4-18-8(7(2)11(6)24-3)5-21-13-9(10(22)14(21)23)12(16)19-15(17)20-13/h4,17,22H,5H2,1-3H3. The summed E-state index contributed by atoms with van der Waals surface area (Å²) in [5.74, 6) is -0.748. The minimum Gasteiger partial charge on any atom is -0.502 e. The molecule has 0 saturated carbocycles. The van der Waals surface area contributed by atoms with Crippen LogP contribution in [0.25, 0.3) is 0 Å². The van der Waals surface area contributed by atoms with Crippen molar-refractivity contribution in [2.75, 3.05) is 7.11 Å². The van der Waals surface area contributed by atoms with E-state index in [2.05, 4.69) is 15.0 Å². The van der Waals surface area contributed by atoms with Crippen LogP contribution in [0.15, 0.2) is 27.5 Å². The molecule has 2 aliphatic heterocycles. The van der Waals surface area contributed by atoms with Crippen LogP contribution in [0.3, 0.4) is 0 Å². The molecule has 1 aromatic heterocycles. The molecule has 24 heavy (non-hydrogen) atoms. The van der Waals surface area contributed by atoms with Gasteiger partial charge in [-0.3, -0.25) is 20.1 Å². The Bertz CT molecular complexity index is 872. The van der Waals surface area contributed by atoms with E-state index in [9.17, 15) is 9.90 Å². The highest BCUT2D eigenvalue weighted by Crippen LogP contribution is 2.30. The smallest absolute Gasteiger partial charge is 0.295 e. The van der Waals surface area contributed by atoms with E-state index in [1.54, 1.807) is 13.3 Å². The Balaban J connectivity index is 2.01. The number of carbonyl (C=O) groups is 1. The van der Waals surface area contributed by atoms with E-state index >= 15 is 0 Å². The highest BCUT2D eigenvalue weighted by atomic mass is 35.5. The zero-order valence-electron chi connectivity index (χ0n) is 13.2. The normalized spacial score (nSPS) is 17.1. The van der Waals surface area contributed by atoms with Gasteiger partial charge in [-0.2, -0.15) is 9.98 Å². The number of hydrogen-bond acceptors (Lipinski definition) is 5. The van der Waals surface area contributed by atoms with Gasteiger partial charge in [0.2, 0.25) is 5.96 Å². The van der Waals surface area contributed by atoms with Gasteiger partial charge >= 0.3 is 0 Å². The minimum atomic E-state index is -0.660. The average molecular weight is 348 g/mol. The number of aliphatic hydroxyl groups excluding tert-OH is 1. The molecule has 0 saturated heterocycles. The molecule has 0 atom stereocenters. The van der Waals surface area contributed by atoms with Crippen molar-refractivity contribution in [2.24, 2.45) is 9.98 Å². The third-order valence-electron chi connectivity index (χ3n) is 3.84. The van der Waals surface area contributed by atoms with Gasteiger partial charge in [-0.25, -0.2) is 0 Å². The van der Waals surface area contributed by atoms with Gasteiger partial charge in [0.25, 0.3) is 5.91 Å². The maximum absolute atomic E-state index is 12.4. The van der Waals surface area contributed by atoms with E-state index in [4.69, 9.17) is 21.7 Å². The molecule has 3 heterocycles. The summed E-state index contributed by atoms with van der Waals surface area (Å²) in [7, 11) is 1.56. The molecule has 0 aromatic carbocycles. The lowest BCUT2D eigenvalue weighted by Crippen LogP contribution is -2.34. The summed E-state index contributed by atoms with van der Waals surface area (Å²) in [4.78, 5) is 25.5. The SMILES string of the molecule is COc1c(C)cnc(CN2C(=O)C(O)=C3C(Cl)=NC(=N)N=C32)c1C. The zero-order chi connectivity index (χ0) is 17.6. The van der Waals surface area contributed by atoms with E-state index in [1.165, 1.54) is 4.90 Å². The van der Waals surface area contributed by atoms with Crippen LogP contribution in [-0.4, -0.2) is 45.0 Å². The number of amidine groups is 1. The number of methoxy groups -OCH3 is 1. The lowest BCUT2D eigenvalue weighted by atomic mass is 10.1. The van der Waals surface area contributed by atoms with E-state index in [0.717, 1.165) is 11.1 Å². The maximum atomic E-state index is 12.4. The molecule has 3 rings (SSSR count). The number of pyridine rings is 1. The van der Waals surface area contributed by atoms with Crippen molar-refractivity contribution >= 4 is 34.5 Å². The average Bonchev–Trinajstić information content (AvgIpc) is 2.75. The summed E-state index contributed by atoms with van der Waals surface area (Å²) in [5, 5.41) is 17.5. The molecule has 124 valence electrons. The topological polar surface area (TPSA) is 111 Å². The molecule has 0 radical (unpaired) electrons. The number of aliphatic imine (C=N–C) groups is 2. The fourth-order valence-electron chi connectivity index (χ4n) is 2.68. The van der Waals surface area contributed by atoms with Crippen molar-refractivity contribution in [3.63, 3.8) is 0 Å². The van der Waals surface area contributed by atoms with Crippen LogP contribution in [0, 0.1) is 19.3 Å². The quantitative estimate of drug-likeness (QED) is 0.868. The molecule has 1 aromatic rings. The van der Waals surface area contributed by atoms with Gasteiger partial charge in [0.05, 0.1) is 19.3 Å². The van der Waals surface area contributed by atoms with Crippen molar-refractivity contribution in [1.29, 1.82) is 5.41 Å². The van der Waals surface area contributed by atoms with Gasteiger partial charge in [-0.1, -0.05) is 11.6 Å². The van der Waals surface area contributed by atoms with Gasteiger partial charge < -0.3 is 9.84 Å². The summed E-state index contributed by atoms with van der Waals surface area (Å²) in [6.45, 7) is 3.77. The van der Waals surface area contributed by atoms with Gasteiger partial charge in [-0.05, 0) is 13.8 Å². The molecular weight excluding hydrogens is 334 g/mol. The fraction of sp³-hybridized carbons (Fsp3) is 0.267. The van der Waals surface area contributed by atoms with Crippen LogP contribution < -0.4 is 4.74 Å². The molecule has 2 aliphatic rings. The number of aryl methyl sites for hydroxylation is 1. The summed E-state index contributed by atoms with van der Waals surface area (Å²) in [6, 6.07) is 0. The van der Waals surface area contributed by atoms with Crippen LogP contribution >= 0.6 is 11.6 Å². The molecule has 2 N–H and O–H groups in total. The van der Waals surface area contributed by atoms with E-state index in [-0.39, 0.29) is 29.1 Å². The van der Waals surface area contributed by atoms with Crippen LogP contribution in [0.4, 0.5) is 0 Å². The van der Waals surface area contributed by atoms with E-state index in [0.29, 0.717) is 11.4 Å². The first-order valence-corrected chi connectivity index (χ1v) is 7.39. The van der Waals surface area contributed by atoms with E-state index in [1.807, 2.05) is 13.8 Å². The van der Waals surface area contributed by atoms with Crippen LogP contribution in [0.5, 0.6) is 5.75 Å². The molecule has 8 nitrogen and oxygen atoms in total. The summed E-state index contributed by atoms with van der Waals surface area (Å²) in [5.41, 5.74) is 2.28. The lowest BCUT2D eigenvalue weighted by molar-refractivity contribution is -0.125. The fourth-order valence-corrected chi connectivity index (χ4v) is 2.93. The number of nitrogens with one attached hydrogen (secondary N) is 1. The first-order valence-electron chi connectivity index (χ1n) is 7.01. The number of aromatic nitrogens is 1. The molecular formula is C15H14ClN5O3. The number of halogens is 1. The number of aliphatic hydroxyl groups is 1. The van der Waals surface area contributed by atoms with Gasteiger partial charge in [0, 0.05) is 17.3 Å². The third-order valence-corrected chi connectivity index (χ3v) is 4.12. The molecule has 0 aliphatic carbocycles. The first kappa shape index (κ1) is 16.1. The predicted molar refractivity (Wildman–Crippen MR) is 88.9 cm³/mol. The molecule has 1 amide bonds. The second-order valence-corrected chi connectivity index (χ2v) is 5.68. The maximum Gasteiger partial charge on any atom is 0.295 e. The van der Waals surface area contributed by atoms with Gasteiger partial charge in [0.1, 0.15) is 16.5 Å². The van der Waals surface area contributed by atoms with Crippen LogP contribution in [-0.2, 0) is 11.3 Å². The van der Waals surface area contributed by atoms with Crippen molar-refractivity contribution in [2.45, 2.75) is 20.4 Å². The van der Waals surface area contributed by atoms with Gasteiger partial charge in [0.15, 0.2) is 11.6 Å². The number of guanidine groups is 1. The number of rotatable bonds is 3. The van der Waals surface area contributed by atoms with Crippen molar-refractivity contribution in [1.82, 2.24) is 9.88 Å². The second-order valence-electron chi connectivity index (χ2n) is 5.32. The van der Waals surface area contributed by atoms with E-state index < -0.39 is 11.7 Å². The largest absolute Gasteiger partial charge is 0.502 e. The van der Waals surface area contributed by atoms with Crippen molar-refractivity contribution in [3.8, 4) is 5.75 Å². The second kappa shape index (κ2) is 5.72. The number of ether oxygens (including phenoxy) is 1. The van der Waals surface area contributed by atoms with Gasteiger partial charge in [-0.15, -0.1) is 0 Å². The summed E-state index contributed by atoms with van der Waals surface area (Å²) >= 11 is 5.94. The molecule has 0 spiro atoms. The Labute approximate surface area is 142 Å².